The van der Waals surface area contributed by atoms with Gasteiger partial charge in [-0.15, -0.1) is 0 Å². The van der Waals surface area contributed by atoms with Gasteiger partial charge in [0.05, 0.1) is 6.61 Å². The number of benzene rings is 2. The lowest BCUT2D eigenvalue weighted by molar-refractivity contribution is -0.0164. The Morgan fingerprint density at radius 3 is 2.75 bits per heavy atom. The highest BCUT2D eigenvalue weighted by atomic mass is 16.7. The van der Waals surface area contributed by atoms with Gasteiger partial charge in [0, 0.05) is 24.2 Å². The number of fused-ring (bicyclic) bond motifs is 1. The maximum Gasteiger partial charge on any atom is 0.254 e. The molecule has 2 aromatic carbocycles. The van der Waals surface area contributed by atoms with Crippen LogP contribution in [0.2, 0.25) is 0 Å². The summed E-state index contributed by atoms with van der Waals surface area (Å²) < 4.78 is 10.7. The van der Waals surface area contributed by atoms with E-state index in [1.54, 1.807) is 0 Å². The standard InChI is InChI=1S/C20H19NO3/c22-20(17-6-7-19-18(12-17)13-23-14-24-19)21-10-8-16(9-11-21)15-4-2-1-3-5-15/h1-8,12H,9-11,13-14H2. The van der Waals surface area contributed by atoms with Crippen LogP contribution < -0.4 is 4.74 Å². The minimum absolute atomic E-state index is 0.0618. The maximum atomic E-state index is 12.7. The Hall–Kier alpha value is -2.59. The number of hydrogen-bond donors (Lipinski definition) is 0. The molecule has 2 aliphatic rings. The fourth-order valence-electron chi connectivity index (χ4n) is 3.17. The Kier molecular flexibility index (Phi) is 4.05. The molecule has 4 nitrogen and oxygen atoms in total. The minimum atomic E-state index is 0.0618. The second kappa shape index (κ2) is 6.49. The van der Waals surface area contributed by atoms with Gasteiger partial charge in [0.25, 0.3) is 5.91 Å². The number of ether oxygens (including phenoxy) is 2. The van der Waals surface area contributed by atoms with Crippen LogP contribution in [-0.2, 0) is 11.3 Å². The summed E-state index contributed by atoms with van der Waals surface area (Å²) in [5.74, 6) is 0.870. The van der Waals surface area contributed by atoms with E-state index in [9.17, 15) is 4.79 Å². The third-order valence-corrected chi connectivity index (χ3v) is 4.50. The quantitative estimate of drug-likeness (QED) is 0.850. The molecule has 0 N–H and O–H groups in total. The molecule has 0 bridgehead atoms. The van der Waals surface area contributed by atoms with Crippen LogP contribution in [0.5, 0.6) is 5.75 Å². The average Bonchev–Trinajstić information content (AvgIpc) is 2.68. The second-order valence-corrected chi connectivity index (χ2v) is 6.03. The van der Waals surface area contributed by atoms with E-state index in [0.717, 1.165) is 24.3 Å². The molecule has 0 spiro atoms. The van der Waals surface area contributed by atoms with Gasteiger partial charge in [-0.1, -0.05) is 36.4 Å². The lowest BCUT2D eigenvalue weighted by atomic mass is 9.99. The molecule has 0 saturated carbocycles. The fraction of sp³-hybridized carbons (Fsp3) is 0.250. The lowest BCUT2D eigenvalue weighted by Gasteiger charge is -2.27. The molecule has 0 aliphatic carbocycles. The summed E-state index contributed by atoms with van der Waals surface area (Å²) in [6, 6.07) is 15.9. The molecule has 2 heterocycles. The predicted molar refractivity (Wildman–Crippen MR) is 91.7 cm³/mol. The summed E-state index contributed by atoms with van der Waals surface area (Å²) in [5.41, 5.74) is 4.18. The number of hydrogen-bond acceptors (Lipinski definition) is 3. The molecule has 4 rings (SSSR count). The van der Waals surface area contributed by atoms with E-state index < -0.39 is 0 Å². The first kappa shape index (κ1) is 15.0. The topological polar surface area (TPSA) is 38.8 Å². The molecule has 24 heavy (non-hydrogen) atoms. The van der Waals surface area contributed by atoms with Crippen molar-refractivity contribution < 1.29 is 14.3 Å². The third kappa shape index (κ3) is 2.93. The van der Waals surface area contributed by atoms with Gasteiger partial charge in [0.15, 0.2) is 6.79 Å². The van der Waals surface area contributed by atoms with Crippen LogP contribution >= 0.6 is 0 Å². The predicted octanol–water partition coefficient (Wildman–Crippen LogP) is 3.48. The highest BCUT2D eigenvalue weighted by Crippen LogP contribution is 2.26. The zero-order chi connectivity index (χ0) is 16.4. The van der Waals surface area contributed by atoms with Gasteiger partial charge in [-0.2, -0.15) is 0 Å². The van der Waals surface area contributed by atoms with Crippen molar-refractivity contribution in [2.24, 2.45) is 0 Å². The molecule has 2 aliphatic heterocycles. The highest BCUT2D eigenvalue weighted by Gasteiger charge is 2.21. The zero-order valence-corrected chi connectivity index (χ0v) is 13.4. The highest BCUT2D eigenvalue weighted by molar-refractivity contribution is 5.95. The van der Waals surface area contributed by atoms with Crippen molar-refractivity contribution in [1.82, 2.24) is 4.90 Å². The van der Waals surface area contributed by atoms with E-state index in [2.05, 4.69) is 18.2 Å². The molecule has 4 heteroatoms. The van der Waals surface area contributed by atoms with Crippen LogP contribution in [0.15, 0.2) is 54.6 Å². The molecule has 122 valence electrons. The van der Waals surface area contributed by atoms with E-state index in [1.165, 1.54) is 11.1 Å². The van der Waals surface area contributed by atoms with Crippen LogP contribution in [-0.4, -0.2) is 30.7 Å². The number of rotatable bonds is 2. The first-order valence-corrected chi connectivity index (χ1v) is 8.18. The summed E-state index contributed by atoms with van der Waals surface area (Å²) in [6.45, 7) is 2.16. The molecule has 0 atom stereocenters. The van der Waals surface area contributed by atoms with E-state index in [4.69, 9.17) is 9.47 Å². The molecule has 0 fully saturated rings. The Morgan fingerprint density at radius 2 is 1.96 bits per heavy atom. The fourth-order valence-corrected chi connectivity index (χ4v) is 3.17. The van der Waals surface area contributed by atoms with Gasteiger partial charge in [-0.25, -0.2) is 0 Å². The van der Waals surface area contributed by atoms with E-state index in [-0.39, 0.29) is 12.7 Å². The normalized spacial score (nSPS) is 16.8. The maximum absolute atomic E-state index is 12.7. The zero-order valence-electron chi connectivity index (χ0n) is 13.4. The molecule has 0 radical (unpaired) electrons. The Balaban J connectivity index is 1.49. The van der Waals surface area contributed by atoms with E-state index in [0.29, 0.717) is 18.7 Å². The first-order chi connectivity index (χ1) is 11.8. The van der Waals surface area contributed by atoms with Crippen LogP contribution in [0, 0.1) is 0 Å². The smallest absolute Gasteiger partial charge is 0.254 e. The van der Waals surface area contributed by atoms with Crippen LogP contribution in [0.1, 0.15) is 27.9 Å². The summed E-state index contributed by atoms with van der Waals surface area (Å²) in [7, 11) is 0. The Bertz CT molecular complexity index is 783. The van der Waals surface area contributed by atoms with Crippen molar-refractivity contribution in [3.05, 3.63) is 71.3 Å². The van der Waals surface area contributed by atoms with Crippen molar-refractivity contribution >= 4 is 11.5 Å². The molecular formula is C20H19NO3. The molecular weight excluding hydrogens is 302 g/mol. The van der Waals surface area contributed by atoms with Gasteiger partial charge in [-0.05, 0) is 35.8 Å². The van der Waals surface area contributed by atoms with Crippen LogP contribution in [0.4, 0.5) is 0 Å². The average molecular weight is 321 g/mol. The minimum Gasteiger partial charge on any atom is -0.467 e. The summed E-state index contributed by atoms with van der Waals surface area (Å²) >= 11 is 0. The number of amides is 1. The molecule has 0 unspecified atom stereocenters. The summed E-state index contributed by atoms with van der Waals surface area (Å²) in [6.07, 6.45) is 3.04. The van der Waals surface area contributed by atoms with Crippen molar-refractivity contribution in [2.75, 3.05) is 19.9 Å². The van der Waals surface area contributed by atoms with Crippen molar-refractivity contribution in [3.8, 4) is 5.75 Å². The van der Waals surface area contributed by atoms with E-state index >= 15 is 0 Å². The summed E-state index contributed by atoms with van der Waals surface area (Å²) in [5, 5.41) is 0. The van der Waals surface area contributed by atoms with Crippen molar-refractivity contribution in [1.29, 1.82) is 0 Å². The van der Waals surface area contributed by atoms with Crippen LogP contribution in [0.25, 0.3) is 5.57 Å². The van der Waals surface area contributed by atoms with Crippen molar-refractivity contribution in [2.45, 2.75) is 13.0 Å². The van der Waals surface area contributed by atoms with Gasteiger partial charge in [-0.3, -0.25) is 4.79 Å². The molecule has 1 amide bonds. The second-order valence-electron chi connectivity index (χ2n) is 6.03. The Morgan fingerprint density at radius 1 is 1.08 bits per heavy atom. The molecule has 0 aromatic heterocycles. The first-order valence-electron chi connectivity index (χ1n) is 8.18. The van der Waals surface area contributed by atoms with E-state index in [1.807, 2.05) is 41.3 Å². The molecule has 2 aromatic rings. The van der Waals surface area contributed by atoms with Gasteiger partial charge in [0.1, 0.15) is 5.75 Å². The molecule has 0 saturated heterocycles. The number of nitrogens with zero attached hydrogens (tertiary/aromatic N) is 1. The van der Waals surface area contributed by atoms with Crippen LogP contribution in [0.3, 0.4) is 0 Å². The Labute approximate surface area is 141 Å². The lowest BCUT2D eigenvalue weighted by Crippen LogP contribution is -2.34. The monoisotopic (exact) mass is 321 g/mol. The largest absolute Gasteiger partial charge is 0.467 e. The summed E-state index contributed by atoms with van der Waals surface area (Å²) in [4.78, 5) is 14.6. The number of carbonyl (C=O) groups excluding carboxylic acids is 1. The number of carbonyl (C=O) groups is 1. The van der Waals surface area contributed by atoms with Gasteiger partial charge < -0.3 is 14.4 Å². The third-order valence-electron chi connectivity index (χ3n) is 4.50. The van der Waals surface area contributed by atoms with Gasteiger partial charge >= 0.3 is 0 Å². The van der Waals surface area contributed by atoms with Crippen molar-refractivity contribution in [3.63, 3.8) is 0 Å². The van der Waals surface area contributed by atoms with Gasteiger partial charge in [0.2, 0.25) is 0 Å². The SMILES string of the molecule is O=C(c1ccc2c(c1)COCO2)N1CC=C(c2ccccc2)CC1.